The average Bonchev–Trinajstić information content (AvgIpc) is 2.84. The summed E-state index contributed by atoms with van der Waals surface area (Å²) in [5.74, 6) is 0.353. The number of nitrogens with one attached hydrogen (secondary N) is 2. The van der Waals surface area contributed by atoms with Gasteiger partial charge in [-0.1, -0.05) is 0 Å². The zero-order valence-corrected chi connectivity index (χ0v) is 12.9. The fourth-order valence-corrected chi connectivity index (χ4v) is 4.52. The van der Waals surface area contributed by atoms with Gasteiger partial charge in [-0.3, -0.25) is 10.1 Å². The fourth-order valence-electron chi connectivity index (χ4n) is 3.40. The molecule has 2 saturated heterocycles. The Balaban J connectivity index is 1.62. The van der Waals surface area contributed by atoms with Gasteiger partial charge in [0.05, 0.1) is 9.82 Å². The summed E-state index contributed by atoms with van der Waals surface area (Å²) in [5, 5.41) is 14.1. The van der Waals surface area contributed by atoms with Gasteiger partial charge >= 0.3 is 0 Å². The number of rotatable bonds is 5. The lowest BCUT2D eigenvalue weighted by Crippen LogP contribution is -2.42. The van der Waals surface area contributed by atoms with Crippen LogP contribution < -0.4 is 10.0 Å². The number of fused-ring (bicyclic) bond motifs is 2. The summed E-state index contributed by atoms with van der Waals surface area (Å²) in [6, 6.07) is 6.00. The van der Waals surface area contributed by atoms with Crippen LogP contribution >= 0.6 is 0 Å². The molecule has 0 spiro atoms. The molecule has 2 aliphatic rings. The van der Waals surface area contributed by atoms with Crippen LogP contribution in [0.3, 0.4) is 0 Å². The van der Waals surface area contributed by atoms with Gasteiger partial charge in [-0.25, -0.2) is 13.1 Å². The smallest absolute Gasteiger partial charge is 0.269 e. The Morgan fingerprint density at radius 2 is 1.77 bits per heavy atom. The van der Waals surface area contributed by atoms with Crippen molar-refractivity contribution in [2.24, 2.45) is 5.92 Å². The minimum absolute atomic E-state index is 0.0648. The molecule has 2 aliphatic heterocycles. The predicted octanol–water partition coefficient (Wildman–Crippen LogP) is 1.40. The van der Waals surface area contributed by atoms with E-state index >= 15 is 0 Å². The molecule has 0 radical (unpaired) electrons. The van der Waals surface area contributed by atoms with Crippen molar-refractivity contribution in [3.05, 3.63) is 34.4 Å². The summed E-state index contributed by atoms with van der Waals surface area (Å²) in [5.41, 5.74) is -0.117. The Bertz CT molecular complexity index is 647. The molecule has 22 heavy (non-hydrogen) atoms. The van der Waals surface area contributed by atoms with E-state index in [1.165, 1.54) is 37.1 Å². The predicted molar refractivity (Wildman–Crippen MR) is 81.0 cm³/mol. The lowest BCUT2D eigenvalue weighted by Gasteiger charge is -2.29. The number of nitro benzene ring substituents is 1. The molecule has 3 rings (SSSR count). The topological polar surface area (TPSA) is 101 Å². The Morgan fingerprint density at radius 1 is 1.18 bits per heavy atom. The Morgan fingerprint density at radius 3 is 2.32 bits per heavy atom. The van der Waals surface area contributed by atoms with Crippen molar-refractivity contribution < 1.29 is 13.3 Å². The highest BCUT2D eigenvalue weighted by molar-refractivity contribution is 7.89. The van der Waals surface area contributed by atoms with E-state index in [0.717, 1.165) is 12.8 Å². The number of hydrogen-bond donors (Lipinski definition) is 2. The molecule has 0 aliphatic carbocycles. The van der Waals surface area contributed by atoms with E-state index in [4.69, 9.17) is 0 Å². The summed E-state index contributed by atoms with van der Waals surface area (Å²) >= 11 is 0. The quantitative estimate of drug-likeness (QED) is 0.629. The van der Waals surface area contributed by atoms with E-state index < -0.39 is 14.9 Å². The lowest BCUT2D eigenvalue weighted by atomic mass is 9.93. The molecule has 0 saturated carbocycles. The van der Waals surface area contributed by atoms with Gasteiger partial charge in [0.2, 0.25) is 10.0 Å². The van der Waals surface area contributed by atoms with Crippen LogP contribution in [0.15, 0.2) is 29.2 Å². The van der Waals surface area contributed by atoms with Gasteiger partial charge < -0.3 is 5.32 Å². The Hall–Kier alpha value is -1.51. The molecule has 120 valence electrons. The van der Waals surface area contributed by atoms with Gasteiger partial charge in [0, 0.05) is 30.8 Å². The van der Waals surface area contributed by atoms with Crippen molar-refractivity contribution in [3.8, 4) is 0 Å². The van der Waals surface area contributed by atoms with E-state index in [0.29, 0.717) is 24.5 Å². The van der Waals surface area contributed by atoms with Crippen LogP contribution in [0.25, 0.3) is 0 Å². The van der Waals surface area contributed by atoms with Crippen LogP contribution in [0, 0.1) is 16.0 Å². The van der Waals surface area contributed by atoms with Gasteiger partial charge in [0.15, 0.2) is 0 Å². The molecule has 1 unspecified atom stereocenters. The normalized spacial score (nSPS) is 27.7. The second kappa shape index (κ2) is 5.94. The molecule has 0 aromatic heterocycles. The van der Waals surface area contributed by atoms with Crippen molar-refractivity contribution in [1.29, 1.82) is 0 Å². The standard InChI is InChI=1S/C14H19N3O4S/c18-17(19)13-3-5-14(6-4-13)22(20,21)15-9-10-7-11-1-2-12(8-10)16-11/h3-6,10-12,15-16H,1-2,7-9H2/t10?,11-,12+. The molecule has 3 atom stereocenters. The summed E-state index contributed by atoms with van der Waals surface area (Å²) in [6.07, 6.45) is 4.35. The highest BCUT2D eigenvalue weighted by atomic mass is 32.2. The van der Waals surface area contributed by atoms with E-state index in [9.17, 15) is 18.5 Å². The SMILES string of the molecule is O=[N+]([O-])c1ccc(S(=O)(=O)NCC2C[C@H]3CC[C@@H](C2)N3)cc1. The number of benzene rings is 1. The highest BCUT2D eigenvalue weighted by Gasteiger charge is 2.33. The molecule has 7 nitrogen and oxygen atoms in total. The van der Waals surface area contributed by atoms with Crippen molar-refractivity contribution in [3.63, 3.8) is 0 Å². The second-order valence-corrected chi connectivity index (χ2v) is 7.85. The van der Waals surface area contributed by atoms with Crippen molar-refractivity contribution >= 4 is 15.7 Å². The van der Waals surface area contributed by atoms with Crippen LogP contribution in [0.4, 0.5) is 5.69 Å². The minimum Gasteiger partial charge on any atom is -0.311 e. The lowest BCUT2D eigenvalue weighted by molar-refractivity contribution is -0.384. The molecule has 0 amide bonds. The van der Waals surface area contributed by atoms with Crippen LogP contribution in [0.5, 0.6) is 0 Å². The van der Waals surface area contributed by atoms with Gasteiger partial charge in [-0.2, -0.15) is 0 Å². The van der Waals surface area contributed by atoms with Gasteiger partial charge in [-0.15, -0.1) is 0 Å². The maximum Gasteiger partial charge on any atom is 0.269 e. The number of nitro groups is 1. The highest BCUT2D eigenvalue weighted by Crippen LogP contribution is 2.30. The largest absolute Gasteiger partial charge is 0.311 e. The third-order valence-corrected chi connectivity index (χ3v) is 5.93. The molecule has 1 aromatic carbocycles. The first-order valence-corrected chi connectivity index (χ1v) is 8.92. The minimum atomic E-state index is -3.61. The number of sulfonamides is 1. The van der Waals surface area contributed by atoms with E-state index in [-0.39, 0.29) is 10.6 Å². The maximum absolute atomic E-state index is 12.2. The van der Waals surface area contributed by atoms with Crippen LogP contribution in [0.2, 0.25) is 0 Å². The zero-order valence-electron chi connectivity index (χ0n) is 12.1. The second-order valence-electron chi connectivity index (χ2n) is 6.08. The molecule has 2 N–H and O–H groups in total. The maximum atomic E-state index is 12.2. The molecule has 2 bridgehead atoms. The first-order chi connectivity index (χ1) is 10.4. The molecule has 2 heterocycles. The first kappa shape index (κ1) is 15.4. The number of non-ortho nitro benzene ring substituents is 1. The summed E-state index contributed by atoms with van der Waals surface area (Å²) < 4.78 is 27.1. The van der Waals surface area contributed by atoms with Crippen LogP contribution in [-0.4, -0.2) is 32.0 Å². The van der Waals surface area contributed by atoms with Crippen molar-refractivity contribution in [2.45, 2.75) is 42.7 Å². The van der Waals surface area contributed by atoms with Crippen molar-refractivity contribution in [2.75, 3.05) is 6.54 Å². The average molecular weight is 325 g/mol. The van der Waals surface area contributed by atoms with Gasteiger partial charge in [0.25, 0.3) is 5.69 Å². The molecule has 8 heteroatoms. The zero-order chi connectivity index (χ0) is 15.7. The van der Waals surface area contributed by atoms with Gasteiger partial charge in [0.1, 0.15) is 0 Å². The van der Waals surface area contributed by atoms with Crippen molar-refractivity contribution in [1.82, 2.24) is 10.0 Å². The number of piperidine rings is 1. The Kier molecular flexibility index (Phi) is 4.16. The summed E-state index contributed by atoms with van der Waals surface area (Å²) in [6.45, 7) is 0.425. The fraction of sp³-hybridized carbons (Fsp3) is 0.571. The number of hydrogen-bond acceptors (Lipinski definition) is 5. The third-order valence-electron chi connectivity index (χ3n) is 4.49. The van der Waals surface area contributed by atoms with E-state index in [2.05, 4.69) is 10.0 Å². The molecular weight excluding hydrogens is 306 g/mol. The first-order valence-electron chi connectivity index (χ1n) is 7.44. The molecule has 2 fully saturated rings. The Labute approximate surface area is 129 Å². The van der Waals surface area contributed by atoms with E-state index in [1.807, 2.05) is 0 Å². The van der Waals surface area contributed by atoms with E-state index in [1.54, 1.807) is 0 Å². The summed E-state index contributed by atoms with van der Waals surface area (Å²) in [4.78, 5) is 10.1. The number of nitrogens with zero attached hydrogens (tertiary/aromatic N) is 1. The van der Waals surface area contributed by atoms with Crippen LogP contribution in [0.1, 0.15) is 25.7 Å². The van der Waals surface area contributed by atoms with Crippen LogP contribution in [-0.2, 0) is 10.0 Å². The summed E-state index contributed by atoms with van der Waals surface area (Å²) in [7, 11) is -3.61. The molecular formula is C14H19N3O4S. The third kappa shape index (κ3) is 3.29. The monoisotopic (exact) mass is 325 g/mol. The van der Waals surface area contributed by atoms with Gasteiger partial charge in [-0.05, 0) is 43.7 Å². The molecule has 1 aromatic rings.